The van der Waals surface area contributed by atoms with E-state index in [1.54, 1.807) is 36.4 Å². The van der Waals surface area contributed by atoms with Crippen molar-refractivity contribution in [2.45, 2.75) is 6.61 Å². The van der Waals surface area contributed by atoms with Gasteiger partial charge in [-0.3, -0.25) is 14.9 Å². The lowest BCUT2D eigenvalue weighted by Crippen LogP contribution is -2.03. The molecule has 148 valence electrons. The summed E-state index contributed by atoms with van der Waals surface area (Å²) in [7, 11) is 0. The van der Waals surface area contributed by atoms with Gasteiger partial charge in [-0.05, 0) is 29.8 Å². The lowest BCUT2D eigenvalue weighted by atomic mass is 10.0. The molecule has 0 aliphatic heterocycles. The molecule has 0 amide bonds. The molecule has 0 spiro atoms. The molecule has 30 heavy (non-hydrogen) atoms. The van der Waals surface area contributed by atoms with Crippen molar-refractivity contribution in [3.63, 3.8) is 0 Å². The van der Waals surface area contributed by atoms with E-state index in [1.165, 1.54) is 24.3 Å². The maximum Gasteiger partial charge on any atom is 0.270 e. The molecule has 0 unspecified atom stereocenters. The molecule has 0 atom stereocenters. The van der Waals surface area contributed by atoms with Crippen molar-refractivity contribution in [3.05, 3.63) is 110 Å². The molecule has 0 saturated heterocycles. The van der Waals surface area contributed by atoms with Crippen LogP contribution in [0.2, 0.25) is 5.02 Å². The summed E-state index contributed by atoms with van der Waals surface area (Å²) in [5, 5.41) is 21.0. The van der Waals surface area contributed by atoms with Crippen LogP contribution in [-0.2, 0) is 6.61 Å². The number of carbonyl (C=O) groups is 1. The van der Waals surface area contributed by atoms with Crippen LogP contribution in [0.15, 0.2) is 78.4 Å². The first-order chi connectivity index (χ1) is 14.5. The highest BCUT2D eigenvalue weighted by Gasteiger charge is 2.16. The number of Topliss-reactive ketones (excluding diaryl/α,β-unsaturated/α-hetero) is 1. The zero-order valence-corrected chi connectivity index (χ0v) is 16.4. The average molecular weight is 419 g/mol. The maximum absolute atomic E-state index is 12.7. The standard InChI is InChI=1S/C23H15ClN2O4/c24-20-8-3-5-16(11-20)15-30-22-10-2-1-6-17(22)12-19(14-25)23(27)18-7-4-9-21(13-18)26(28)29/h1-13H,15H2. The summed E-state index contributed by atoms with van der Waals surface area (Å²) < 4.78 is 5.85. The Morgan fingerprint density at radius 3 is 2.60 bits per heavy atom. The Balaban J connectivity index is 1.87. The number of nitro benzene ring substituents is 1. The van der Waals surface area contributed by atoms with Crippen LogP contribution in [-0.4, -0.2) is 10.7 Å². The van der Waals surface area contributed by atoms with E-state index in [-0.39, 0.29) is 23.4 Å². The van der Waals surface area contributed by atoms with E-state index < -0.39 is 10.7 Å². The smallest absolute Gasteiger partial charge is 0.270 e. The third kappa shape index (κ3) is 5.10. The molecule has 0 aliphatic carbocycles. The van der Waals surface area contributed by atoms with E-state index >= 15 is 0 Å². The SMILES string of the molecule is N#CC(=Cc1ccccc1OCc1cccc(Cl)c1)C(=O)c1cccc([N+](=O)[O-])c1. The largest absolute Gasteiger partial charge is 0.488 e. The minimum Gasteiger partial charge on any atom is -0.488 e. The summed E-state index contributed by atoms with van der Waals surface area (Å²) in [6.45, 7) is 0.256. The van der Waals surface area contributed by atoms with Gasteiger partial charge in [-0.1, -0.05) is 54.1 Å². The van der Waals surface area contributed by atoms with Crippen LogP contribution in [0.5, 0.6) is 5.75 Å². The van der Waals surface area contributed by atoms with Crippen molar-refractivity contribution in [2.75, 3.05) is 0 Å². The van der Waals surface area contributed by atoms with Crippen molar-refractivity contribution < 1.29 is 14.5 Å². The number of allylic oxidation sites excluding steroid dienone is 1. The highest BCUT2D eigenvalue weighted by molar-refractivity contribution is 6.30. The highest BCUT2D eigenvalue weighted by Crippen LogP contribution is 2.24. The van der Waals surface area contributed by atoms with Gasteiger partial charge in [-0.15, -0.1) is 0 Å². The number of ether oxygens (including phenoxy) is 1. The summed E-state index contributed by atoms with van der Waals surface area (Å²) in [4.78, 5) is 23.1. The van der Waals surface area contributed by atoms with Gasteiger partial charge in [0, 0.05) is 28.3 Å². The Morgan fingerprint density at radius 1 is 1.10 bits per heavy atom. The molecule has 3 rings (SSSR count). The number of rotatable bonds is 7. The molecular weight excluding hydrogens is 404 g/mol. The van der Waals surface area contributed by atoms with Gasteiger partial charge in [0.25, 0.3) is 5.69 Å². The normalized spacial score (nSPS) is 10.9. The number of hydrogen-bond acceptors (Lipinski definition) is 5. The molecular formula is C23H15ClN2O4. The zero-order valence-electron chi connectivity index (χ0n) is 15.6. The molecule has 0 fully saturated rings. The van der Waals surface area contributed by atoms with Gasteiger partial charge < -0.3 is 4.74 Å². The lowest BCUT2D eigenvalue weighted by molar-refractivity contribution is -0.384. The summed E-state index contributed by atoms with van der Waals surface area (Å²) in [6.07, 6.45) is 1.41. The second kappa shape index (κ2) is 9.50. The molecule has 7 heteroatoms. The van der Waals surface area contributed by atoms with Gasteiger partial charge in [0.1, 0.15) is 24.0 Å². The van der Waals surface area contributed by atoms with Gasteiger partial charge in [0.15, 0.2) is 0 Å². The quantitative estimate of drug-likeness (QED) is 0.163. The number of ketones is 1. The van der Waals surface area contributed by atoms with E-state index in [0.29, 0.717) is 16.3 Å². The zero-order chi connectivity index (χ0) is 21.5. The number of nitro groups is 1. The number of carbonyl (C=O) groups excluding carboxylic acids is 1. The number of nitrogens with zero attached hydrogens (tertiary/aromatic N) is 2. The lowest BCUT2D eigenvalue weighted by Gasteiger charge is -2.10. The first kappa shape index (κ1) is 20.8. The number of para-hydroxylation sites is 1. The van der Waals surface area contributed by atoms with Crippen LogP contribution in [0.3, 0.4) is 0 Å². The second-order valence-electron chi connectivity index (χ2n) is 6.26. The Hall–Kier alpha value is -3.95. The van der Waals surface area contributed by atoms with Crippen LogP contribution in [0.25, 0.3) is 6.08 Å². The third-order valence-corrected chi connectivity index (χ3v) is 4.42. The van der Waals surface area contributed by atoms with Gasteiger partial charge >= 0.3 is 0 Å². The van der Waals surface area contributed by atoms with E-state index in [4.69, 9.17) is 16.3 Å². The summed E-state index contributed by atoms with van der Waals surface area (Å²) >= 11 is 5.99. The first-order valence-electron chi connectivity index (χ1n) is 8.85. The van der Waals surface area contributed by atoms with Gasteiger partial charge in [-0.25, -0.2) is 0 Å². The van der Waals surface area contributed by atoms with Crippen LogP contribution in [0.4, 0.5) is 5.69 Å². The summed E-state index contributed by atoms with van der Waals surface area (Å²) in [5.41, 5.74) is 1.09. The summed E-state index contributed by atoms with van der Waals surface area (Å²) in [6, 6.07) is 21.4. The third-order valence-electron chi connectivity index (χ3n) is 4.19. The fourth-order valence-electron chi connectivity index (χ4n) is 2.74. The molecule has 0 bridgehead atoms. The average Bonchev–Trinajstić information content (AvgIpc) is 2.76. The predicted octanol–water partition coefficient (Wildman–Crippen LogP) is 5.62. The van der Waals surface area contributed by atoms with E-state index in [0.717, 1.165) is 11.6 Å². The monoisotopic (exact) mass is 418 g/mol. The van der Waals surface area contributed by atoms with Crippen molar-refractivity contribution in [3.8, 4) is 11.8 Å². The molecule has 0 N–H and O–H groups in total. The Kier molecular flexibility index (Phi) is 6.58. The van der Waals surface area contributed by atoms with Crippen molar-refractivity contribution in [2.24, 2.45) is 0 Å². The van der Waals surface area contributed by atoms with Crippen LogP contribution in [0, 0.1) is 21.4 Å². The first-order valence-corrected chi connectivity index (χ1v) is 9.23. The minimum atomic E-state index is -0.606. The van der Waals surface area contributed by atoms with Gasteiger partial charge in [0.05, 0.1) is 4.92 Å². The Labute approximate surface area is 177 Å². The Bertz CT molecular complexity index is 1180. The van der Waals surface area contributed by atoms with E-state index in [2.05, 4.69) is 0 Å². The Morgan fingerprint density at radius 2 is 1.87 bits per heavy atom. The van der Waals surface area contributed by atoms with Gasteiger partial charge in [0.2, 0.25) is 5.78 Å². The van der Waals surface area contributed by atoms with Crippen molar-refractivity contribution in [1.82, 2.24) is 0 Å². The fourth-order valence-corrected chi connectivity index (χ4v) is 2.95. The molecule has 6 nitrogen and oxygen atoms in total. The number of benzene rings is 3. The predicted molar refractivity (Wildman–Crippen MR) is 113 cm³/mol. The number of hydrogen-bond donors (Lipinski definition) is 0. The van der Waals surface area contributed by atoms with Crippen LogP contribution < -0.4 is 4.74 Å². The molecule has 3 aromatic rings. The topological polar surface area (TPSA) is 93.2 Å². The minimum absolute atomic E-state index is 0.0642. The molecule has 0 saturated carbocycles. The second-order valence-corrected chi connectivity index (χ2v) is 6.70. The fraction of sp³-hybridized carbons (Fsp3) is 0.0435. The summed E-state index contributed by atoms with van der Waals surface area (Å²) in [5.74, 6) is -0.122. The van der Waals surface area contributed by atoms with Crippen molar-refractivity contribution >= 4 is 29.1 Å². The van der Waals surface area contributed by atoms with Crippen LogP contribution in [0.1, 0.15) is 21.5 Å². The highest BCUT2D eigenvalue weighted by atomic mass is 35.5. The van der Waals surface area contributed by atoms with E-state index in [9.17, 15) is 20.2 Å². The van der Waals surface area contributed by atoms with E-state index in [1.807, 2.05) is 18.2 Å². The van der Waals surface area contributed by atoms with Crippen molar-refractivity contribution in [1.29, 1.82) is 5.26 Å². The molecule has 0 radical (unpaired) electrons. The number of non-ortho nitro benzene ring substituents is 1. The number of halogens is 1. The number of nitriles is 1. The van der Waals surface area contributed by atoms with Gasteiger partial charge in [-0.2, -0.15) is 5.26 Å². The maximum atomic E-state index is 12.7. The molecule has 0 heterocycles. The van der Waals surface area contributed by atoms with Crippen LogP contribution >= 0.6 is 11.6 Å². The molecule has 0 aromatic heterocycles. The molecule has 3 aromatic carbocycles. The molecule has 0 aliphatic rings.